The van der Waals surface area contributed by atoms with Gasteiger partial charge in [0.2, 0.25) is 5.91 Å². The number of hydrogen-bond acceptors (Lipinski definition) is 5. The number of carbonyl (C=O) groups is 2. The topological polar surface area (TPSA) is 76.7 Å². The molecule has 0 aromatic heterocycles. The zero-order valence-electron chi connectivity index (χ0n) is 15.0. The van der Waals surface area contributed by atoms with Crippen LogP contribution < -0.4 is 20.3 Å². The minimum absolute atomic E-state index is 0.0301. The molecule has 2 aromatic rings. The first-order chi connectivity index (χ1) is 13.0. The number of benzene rings is 2. The minimum atomic E-state index is -0.971. The second kappa shape index (κ2) is 10.4. The Labute approximate surface area is 161 Å². The molecule has 0 aliphatic heterocycles. The van der Waals surface area contributed by atoms with Gasteiger partial charge >= 0.3 is 0 Å². The lowest BCUT2D eigenvalue weighted by Crippen LogP contribution is -2.47. The van der Waals surface area contributed by atoms with E-state index in [0.717, 1.165) is 10.6 Å². The Kier molecular flexibility index (Phi) is 7.94. The van der Waals surface area contributed by atoms with Crippen LogP contribution in [-0.2, 0) is 9.59 Å². The second-order valence-corrected chi connectivity index (χ2v) is 6.47. The second-order valence-electron chi connectivity index (χ2n) is 5.42. The van der Waals surface area contributed by atoms with E-state index in [-0.39, 0.29) is 17.4 Å². The molecule has 0 aliphatic carbocycles. The third-order valence-corrected chi connectivity index (χ3v) is 4.35. The number of thioether (sulfide) groups is 1. The molecule has 27 heavy (non-hydrogen) atoms. The number of carbonyl (C=O) groups excluding carboxylic acids is 2. The third kappa shape index (κ3) is 6.82. The molecule has 6 nitrogen and oxygen atoms in total. The molecule has 0 radical (unpaired) electrons. The van der Waals surface area contributed by atoms with Gasteiger partial charge in [-0.15, -0.1) is 11.8 Å². The van der Waals surface area contributed by atoms with E-state index in [9.17, 15) is 14.0 Å². The zero-order valence-corrected chi connectivity index (χ0v) is 15.8. The van der Waals surface area contributed by atoms with E-state index in [2.05, 4.69) is 10.9 Å². The molecule has 144 valence electrons. The van der Waals surface area contributed by atoms with Crippen molar-refractivity contribution in [3.8, 4) is 11.5 Å². The van der Waals surface area contributed by atoms with Crippen LogP contribution in [0.1, 0.15) is 13.8 Å². The average molecular weight is 392 g/mol. The summed E-state index contributed by atoms with van der Waals surface area (Å²) in [7, 11) is 0. The molecule has 2 N–H and O–H groups in total. The van der Waals surface area contributed by atoms with Gasteiger partial charge < -0.3 is 9.47 Å². The first-order valence-corrected chi connectivity index (χ1v) is 9.33. The predicted octanol–water partition coefficient (Wildman–Crippen LogP) is 2.93. The largest absolute Gasteiger partial charge is 0.494 e. The smallest absolute Gasteiger partial charge is 0.279 e. The number of amides is 2. The molecular weight excluding hydrogens is 371 g/mol. The van der Waals surface area contributed by atoms with Gasteiger partial charge in [-0.1, -0.05) is 12.1 Å². The molecule has 8 heteroatoms. The molecule has 0 saturated carbocycles. The van der Waals surface area contributed by atoms with E-state index >= 15 is 0 Å². The molecule has 0 spiro atoms. The van der Waals surface area contributed by atoms with Crippen LogP contribution in [0.15, 0.2) is 53.4 Å². The van der Waals surface area contributed by atoms with E-state index < -0.39 is 17.8 Å². The first kappa shape index (κ1) is 20.6. The molecule has 0 heterocycles. The quantitative estimate of drug-likeness (QED) is 0.534. The van der Waals surface area contributed by atoms with Crippen LogP contribution in [0.4, 0.5) is 4.39 Å². The fraction of sp³-hybridized carbons (Fsp3) is 0.263. The van der Waals surface area contributed by atoms with Crippen molar-refractivity contribution >= 4 is 23.6 Å². The Bertz CT molecular complexity index is 771. The van der Waals surface area contributed by atoms with Gasteiger partial charge in [-0.3, -0.25) is 20.4 Å². The van der Waals surface area contributed by atoms with Crippen LogP contribution in [0.5, 0.6) is 11.5 Å². The van der Waals surface area contributed by atoms with Crippen LogP contribution in [0.3, 0.4) is 0 Å². The Morgan fingerprint density at radius 3 is 2.48 bits per heavy atom. The fourth-order valence-electron chi connectivity index (χ4n) is 2.00. The summed E-state index contributed by atoms with van der Waals surface area (Å²) in [6.45, 7) is 3.96. The number of hydrazine groups is 1. The van der Waals surface area contributed by atoms with Gasteiger partial charge in [0.25, 0.3) is 5.91 Å². The van der Waals surface area contributed by atoms with Crippen molar-refractivity contribution in [3.05, 3.63) is 54.3 Å². The molecule has 2 aromatic carbocycles. The van der Waals surface area contributed by atoms with Crippen molar-refractivity contribution < 1.29 is 23.5 Å². The highest BCUT2D eigenvalue weighted by atomic mass is 32.2. The molecule has 0 unspecified atom stereocenters. The third-order valence-electron chi connectivity index (χ3n) is 3.34. The summed E-state index contributed by atoms with van der Waals surface area (Å²) >= 11 is 1.32. The zero-order chi connectivity index (χ0) is 19.6. The molecular formula is C19H21FN2O4S. The van der Waals surface area contributed by atoms with E-state index in [1.54, 1.807) is 6.07 Å². The Balaban J connectivity index is 1.72. The van der Waals surface area contributed by atoms with Gasteiger partial charge in [0.05, 0.1) is 12.4 Å². The Hall–Kier alpha value is -2.74. The molecule has 0 aliphatic rings. The summed E-state index contributed by atoms with van der Waals surface area (Å²) in [4.78, 5) is 24.7. The van der Waals surface area contributed by atoms with Crippen LogP contribution in [0.25, 0.3) is 0 Å². The highest BCUT2D eigenvalue weighted by Crippen LogP contribution is 2.21. The number of ether oxygens (including phenoxy) is 2. The van der Waals surface area contributed by atoms with Crippen molar-refractivity contribution in [2.75, 3.05) is 12.4 Å². The van der Waals surface area contributed by atoms with Crippen molar-refractivity contribution in [2.45, 2.75) is 24.8 Å². The van der Waals surface area contributed by atoms with Crippen molar-refractivity contribution in [1.82, 2.24) is 10.9 Å². The summed E-state index contributed by atoms with van der Waals surface area (Å²) in [6, 6.07) is 13.1. The van der Waals surface area contributed by atoms with E-state index in [1.807, 2.05) is 31.2 Å². The average Bonchev–Trinajstić information content (AvgIpc) is 2.67. The number of para-hydroxylation sites is 1. The fourth-order valence-corrected chi connectivity index (χ4v) is 2.70. The summed E-state index contributed by atoms with van der Waals surface area (Å²) in [5.74, 6) is -0.664. The van der Waals surface area contributed by atoms with Gasteiger partial charge in [0.15, 0.2) is 17.7 Å². The van der Waals surface area contributed by atoms with Crippen LogP contribution in [0.2, 0.25) is 0 Å². The van der Waals surface area contributed by atoms with Crippen LogP contribution >= 0.6 is 11.8 Å². The molecule has 2 rings (SSSR count). The molecule has 1 atom stereocenters. The normalized spacial score (nSPS) is 11.4. The van der Waals surface area contributed by atoms with Crippen LogP contribution in [-0.4, -0.2) is 30.3 Å². The lowest BCUT2D eigenvalue weighted by atomic mass is 10.3. The van der Waals surface area contributed by atoms with Crippen molar-refractivity contribution in [2.24, 2.45) is 0 Å². The monoisotopic (exact) mass is 392 g/mol. The highest BCUT2D eigenvalue weighted by molar-refractivity contribution is 8.00. The standard InChI is InChI=1S/C19H21FN2O4S/c1-3-25-14-8-10-15(11-9-14)27-12-18(23)21-22-19(24)13(2)26-17-7-5-4-6-16(17)20/h4-11,13H,3,12H2,1-2H3,(H,21,23)(H,22,24)/t13-/m0/s1. The predicted molar refractivity (Wildman–Crippen MR) is 101 cm³/mol. The van der Waals surface area contributed by atoms with E-state index in [0.29, 0.717) is 6.61 Å². The van der Waals surface area contributed by atoms with Gasteiger partial charge in [0.1, 0.15) is 5.75 Å². The maximum Gasteiger partial charge on any atom is 0.279 e. The highest BCUT2D eigenvalue weighted by Gasteiger charge is 2.17. The van der Waals surface area contributed by atoms with Gasteiger partial charge in [-0.2, -0.15) is 0 Å². The maximum atomic E-state index is 13.5. The summed E-state index contributed by atoms with van der Waals surface area (Å²) in [6.07, 6.45) is -0.971. The van der Waals surface area contributed by atoms with Gasteiger partial charge in [-0.25, -0.2) is 4.39 Å². The molecule has 2 amide bonds. The van der Waals surface area contributed by atoms with Crippen LogP contribution in [0, 0.1) is 5.82 Å². The van der Waals surface area contributed by atoms with Crippen molar-refractivity contribution in [1.29, 1.82) is 0 Å². The number of halogens is 1. The molecule has 0 saturated heterocycles. The number of hydrogen-bond donors (Lipinski definition) is 2. The van der Waals surface area contributed by atoms with Gasteiger partial charge in [0, 0.05) is 4.90 Å². The lowest BCUT2D eigenvalue weighted by molar-refractivity contribution is -0.132. The summed E-state index contributed by atoms with van der Waals surface area (Å²) < 4.78 is 24.1. The van der Waals surface area contributed by atoms with E-state index in [4.69, 9.17) is 9.47 Å². The number of nitrogens with one attached hydrogen (secondary N) is 2. The van der Waals surface area contributed by atoms with Gasteiger partial charge in [-0.05, 0) is 50.2 Å². The minimum Gasteiger partial charge on any atom is -0.494 e. The van der Waals surface area contributed by atoms with Crippen molar-refractivity contribution in [3.63, 3.8) is 0 Å². The summed E-state index contributed by atoms with van der Waals surface area (Å²) in [5, 5.41) is 0. The van der Waals surface area contributed by atoms with E-state index in [1.165, 1.54) is 36.9 Å². The summed E-state index contributed by atoms with van der Waals surface area (Å²) in [5.41, 5.74) is 4.57. The Morgan fingerprint density at radius 1 is 1.11 bits per heavy atom. The number of rotatable bonds is 8. The maximum absolute atomic E-state index is 13.5. The lowest BCUT2D eigenvalue weighted by Gasteiger charge is -2.15. The molecule has 0 bridgehead atoms. The first-order valence-electron chi connectivity index (χ1n) is 8.35. The Morgan fingerprint density at radius 2 is 1.81 bits per heavy atom. The SMILES string of the molecule is CCOc1ccc(SCC(=O)NNC(=O)[C@H](C)Oc2ccccc2F)cc1. The molecule has 0 fully saturated rings.